The second kappa shape index (κ2) is 12.7. The lowest BCUT2D eigenvalue weighted by Gasteiger charge is -2.20. The minimum atomic E-state index is 0.326. The summed E-state index contributed by atoms with van der Waals surface area (Å²) < 4.78 is 0. The first-order chi connectivity index (χ1) is 15.5. The van der Waals surface area contributed by atoms with Crippen LogP contribution < -0.4 is 0 Å². The molecule has 32 heavy (non-hydrogen) atoms. The molecule has 2 aromatic rings. The third kappa shape index (κ3) is 8.04. The normalized spacial score (nSPS) is 17.3. The van der Waals surface area contributed by atoms with Crippen LogP contribution >= 0.6 is 0 Å². The predicted octanol–water partition coefficient (Wildman–Crippen LogP) is 8.30. The van der Waals surface area contributed by atoms with E-state index in [1.54, 1.807) is 0 Å². The number of benzene rings is 2. The summed E-state index contributed by atoms with van der Waals surface area (Å²) in [7, 11) is 0. The smallest absolute Gasteiger partial charge is 0.163 e. The van der Waals surface area contributed by atoms with E-state index in [2.05, 4.69) is 13.8 Å². The molecule has 0 saturated heterocycles. The first kappa shape index (κ1) is 24.4. The molecule has 0 aromatic heterocycles. The Bertz CT molecular complexity index is 762. The van der Waals surface area contributed by atoms with Crippen molar-refractivity contribution in [3.63, 3.8) is 0 Å². The van der Waals surface area contributed by atoms with Gasteiger partial charge in [0.25, 0.3) is 0 Å². The summed E-state index contributed by atoms with van der Waals surface area (Å²) in [4.78, 5) is 24.0. The number of carbonyl (C=O) groups excluding carboxylic acids is 2. The van der Waals surface area contributed by atoms with Crippen molar-refractivity contribution in [2.24, 2.45) is 11.8 Å². The van der Waals surface area contributed by atoms with E-state index < -0.39 is 0 Å². The first-order valence-electron chi connectivity index (χ1n) is 12.7. The average molecular weight is 433 g/mol. The van der Waals surface area contributed by atoms with Gasteiger partial charge < -0.3 is 0 Å². The van der Waals surface area contributed by atoms with Gasteiger partial charge in [-0.1, -0.05) is 124 Å². The standard InChI is InChI=1S/2C15H20O/c2*1-12-7-9-14(10-8-12)15(16)11-13-5-3-2-4-6-13/h2*7-10,13H,2-6,11H2,1H3. The molecule has 0 spiro atoms. The zero-order valence-electron chi connectivity index (χ0n) is 20.1. The quantitative estimate of drug-likeness (QED) is 0.430. The van der Waals surface area contributed by atoms with Crippen LogP contribution in [0.3, 0.4) is 0 Å². The van der Waals surface area contributed by atoms with Crippen LogP contribution in [0.25, 0.3) is 0 Å². The van der Waals surface area contributed by atoms with E-state index in [1.807, 2.05) is 48.5 Å². The van der Waals surface area contributed by atoms with Crippen molar-refractivity contribution in [3.8, 4) is 0 Å². The summed E-state index contributed by atoms with van der Waals surface area (Å²) in [5.74, 6) is 1.93. The van der Waals surface area contributed by atoms with Crippen molar-refractivity contribution >= 4 is 11.6 Å². The third-order valence-electron chi connectivity index (χ3n) is 7.14. The molecule has 0 unspecified atom stereocenters. The Kier molecular flexibility index (Phi) is 9.71. The number of Topliss-reactive ketones (excluding diaryl/α,β-unsaturated/α-hetero) is 2. The molecule has 2 aliphatic rings. The molecule has 0 heterocycles. The van der Waals surface area contributed by atoms with Gasteiger partial charge in [-0.3, -0.25) is 9.59 Å². The van der Waals surface area contributed by atoms with E-state index in [0.717, 1.165) is 24.0 Å². The van der Waals surface area contributed by atoms with E-state index in [4.69, 9.17) is 0 Å². The number of carbonyl (C=O) groups is 2. The van der Waals surface area contributed by atoms with E-state index in [1.165, 1.54) is 75.3 Å². The van der Waals surface area contributed by atoms with Crippen LogP contribution in [0, 0.1) is 25.7 Å². The average Bonchev–Trinajstić information content (AvgIpc) is 2.82. The number of aryl methyl sites for hydroxylation is 2. The molecule has 0 amide bonds. The fourth-order valence-corrected chi connectivity index (χ4v) is 5.02. The fraction of sp³-hybridized carbons (Fsp3) is 0.533. The largest absolute Gasteiger partial charge is 0.294 e. The van der Waals surface area contributed by atoms with Crippen LogP contribution in [0.4, 0.5) is 0 Å². The predicted molar refractivity (Wildman–Crippen MR) is 133 cm³/mol. The Morgan fingerprint density at radius 2 is 0.875 bits per heavy atom. The maximum atomic E-state index is 12.0. The summed E-state index contributed by atoms with van der Waals surface area (Å²) >= 11 is 0. The van der Waals surface area contributed by atoms with Gasteiger partial charge >= 0.3 is 0 Å². The van der Waals surface area contributed by atoms with Crippen molar-refractivity contribution in [1.82, 2.24) is 0 Å². The molecule has 2 fully saturated rings. The molecule has 2 aromatic carbocycles. The minimum Gasteiger partial charge on any atom is -0.294 e. The lowest BCUT2D eigenvalue weighted by atomic mass is 9.85. The number of hydrogen-bond acceptors (Lipinski definition) is 2. The van der Waals surface area contributed by atoms with Crippen molar-refractivity contribution < 1.29 is 9.59 Å². The molecule has 0 radical (unpaired) electrons. The van der Waals surface area contributed by atoms with Gasteiger partial charge in [-0.05, 0) is 25.7 Å². The number of ketones is 2. The maximum absolute atomic E-state index is 12.0. The molecular weight excluding hydrogens is 392 g/mol. The molecule has 2 saturated carbocycles. The summed E-state index contributed by atoms with van der Waals surface area (Å²) in [6, 6.07) is 15.9. The van der Waals surface area contributed by atoms with Gasteiger partial charge in [0.15, 0.2) is 11.6 Å². The highest BCUT2D eigenvalue weighted by Gasteiger charge is 2.18. The lowest BCUT2D eigenvalue weighted by molar-refractivity contribution is 0.0942. The van der Waals surface area contributed by atoms with Crippen molar-refractivity contribution in [2.75, 3.05) is 0 Å². The Morgan fingerprint density at radius 1 is 0.562 bits per heavy atom. The second-order valence-electron chi connectivity index (χ2n) is 9.99. The molecule has 4 rings (SSSR count). The van der Waals surface area contributed by atoms with E-state index >= 15 is 0 Å². The van der Waals surface area contributed by atoms with Crippen LogP contribution in [0.1, 0.15) is 109 Å². The Morgan fingerprint density at radius 3 is 1.19 bits per heavy atom. The van der Waals surface area contributed by atoms with Crippen LogP contribution in [0.15, 0.2) is 48.5 Å². The monoisotopic (exact) mass is 432 g/mol. The van der Waals surface area contributed by atoms with Crippen LogP contribution in [0.5, 0.6) is 0 Å². The highest BCUT2D eigenvalue weighted by molar-refractivity contribution is 5.96. The minimum absolute atomic E-state index is 0.326. The van der Waals surface area contributed by atoms with Crippen LogP contribution in [-0.2, 0) is 0 Å². The van der Waals surface area contributed by atoms with Gasteiger partial charge in [0.1, 0.15) is 0 Å². The van der Waals surface area contributed by atoms with Crippen molar-refractivity contribution in [2.45, 2.75) is 90.9 Å². The van der Waals surface area contributed by atoms with Gasteiger partial charge in [0, 0.05) is 24.0 Å². The zero-order valence-corrected chi connectivity index (χ0v) is 20.1. The van der Waals surface area contributed by atoms with Gasteiger partial charge in [-0.15, -0.1) is 0 Å². The summed E-state index contributed by atoms with van der Waals surface area (Å²) in [6.45, 7) is 4.10. The van der Waals surface area contributed by atoms with Crippen LogP contribution in [0.2, 0.25) is 0 Å². The Hall–Kier alpha value is -2.22. The molecule has 172 valence electrons. The number of rotatable bonds is 6. The van der Waals surface area contributed by atoms with E-state index in [-0.39, 0.29) is 0 Å². The molecular formula is C30H40O2. The van der Waals surface area contributed by atoms with Crippen molar-refractivity contribution in [1.29, 1.82) is 0 Å². The summed E-state index contributed by atoms with van der Waals surface area (Å²) in [6.07, 6.45) is 14.5. The molecule has 2 aliphatic carbocycles. The van der Waals surface area contributed by atoms with Crippen LogP contribution in [-0.4, -0.2) is 11.6 Å². The summed E-state index contributed by atoms with van der Waals surface area (Å²) in [5, 5.41) is 0. The van der Waals surface area contributed by atoms with Gasteiger partial charge in [-0.25, -0.2) is 0 Å². The van der Waals surface area contributed by atoms with E-state index in [0.29, 0.717) is 23.4 Å². The first-order valence-corrected chi connectivity index (χ1v) is 12.7. The molecule has 0 atom stereocenters. The lowest BCUT2D eigenvalue weighted by Crippen LogP contribution is -2.12. The van der Waals surface area contributed by atoms with Gasteiger partial charge in [0.05, 0.1) is 0 Å². The number of hydrogen-bond donors (Lipinski definition) is 0. The third-order valence-corrected chi connectivity index (χ3v) is 7.14. The second-order valence-corrected chi connectivity index (χ2v) is 9.99. The Balaban J connectivity index is 0.000000181. The maximum Gasteiger partial charge on any atom is 0.163 e. The molecule has 0 bridgehead atoms. The topological polar surface area (TPSA) is 34.1 Å². The SMILES string of the molecule is Cc1ccc(C(=O)CC2CCCCC2)cc1.Cc1ccc(C(=O)CC2CCCCC2)cc1. The summed E-state index contributed by atoms with van der Waals surface area (Å²) in [5.41, 5.74) is 4.20. The molecule has 2 heteroatoms. The van der Waals surface area contributed by atoms with Gasteiger partial charge in [-0.2, -0.15) is 0 Å². The molecule has 0 aliphatic heterocycles. The van der Waals surface area contributed by atoms with Crippen molar-refractivity contribution in [3.05, 3.63) is 70.8 Å². The fourth-order valence-electron chi connectivity index (χ4n) is 5.02. The molecule has 0 N–H and O–H groups in total. The zero-order chi connectivity index (χ0) is 22.8. The highest BCUT2D eigenvalue weighted by Crippen LogP contribution is 2.28. The molecule has 2 nitrogen and oxygen atoms in total. The van der Waals surface area contributed by atoms with E-state index in [9.17, 15) is 9.59 Å². The Labute approximate surface area is 194 Å². The highest BCUT2D eigenvalue weighted by atomic mass is 16.1. The van der Waals surface area contributed by atoms with Gasteiger partial charge in [0.2, 0.25) is 0 Å².